The summed E-state index contributed by atoms with van der Waals surface area (Å²) >= 11 is 0. The maximum Gasteiger partial charge on any atom is 0.231 e. The molecule has 0 fully saturated rings. The molecule has 0 saturated carbocycles. The molecule has 0 amide bonds. The van der Waals surface area contributed by atoms with Crippen LogP contribution in [-0.4, -0.2) is 42.0 Å². The zero-order chi connectivity index (χ0) is 68.4. The van der Waals surface area contributed by atoms with Crippen molar-refractivity contribution in [1.29, 1.82) is 0 Å². The molecule has 12 rings (SSSR count). The first-order valence-electron chi connectivity index (χ1n) is 34.4. The number of hydrogen-bond acceptors (Lipinski definition) is 11. The van der Waals surface area contributed by atoms with Gasteiger partial charge in [-0.2, -0.15) is 0 Å². The highest BCUT2D eigenvalue weighted by molar-refractivity contribution is 5.79. The number of phenolic OH excluding ortho intramolecular Hbond substituents is 2. The first kappa shape index (κ1) is 72.9. The summed E-state index contributed by atoms with van der Waals surface area (Å²) < 4.78 is 43.2. The average molecular weight is 1270 g/mol. The van der Waals surface area contributed by atoms with Gasteiger partial charge in [0.2, 0.25) is 25.1 Å². The number of aromatic nitrogens is 1. The Balaban J connectivity index is 0.000000158. The molecule has 0 unspecified atom stereocenters. The predicted molar refractivity (Wildman–Crippen MR) is 384 cm³/mol. The van der Waals surface area contributed by atoms with Crippen molar-refractivity contribution in [3.63, 3.8) is 0 Å². The second-order valence-electron chi connectivity index (χ2n) is 28.9. The lowest BCUT2D eigenvalue weighted by Crippen LogP contribution is -2.16. The number of nitrogens with zero attached hydrogens (tertiary/aromatic N) is 1. The van der Waals surface area contributed by atoms with Crippen LogP contribution in [-0.2, 0) is 6.42 Å². The Bertz CT molecular complexity index is 3510. The number of fused-ring (bicyclic) bond motifs is 6. The Morgan fingerprint density at radius 2 is 0.731 bits per heavy atom. The van der Waals surface area contributed by atoms with Crippen molar-refractivity contribution < 1.29 is 47.5 Å². The van der Waals surface area contributed by atoms with Crippen LogP contribution in [0.3, 0.4) is 0 Å². The molecule has 2 N–H and O–H groups in total. The number of oxazole rings is 1. The second-order valence-corrected chi connectivity index (χ2v) is 28.9. The molecule has 8 aromatic rings. The summed E-state index contributed by atoms with van der Waals surface area (Å²) in [5.41, 5.74) is 21.4. The first-order chi connectivity index (χ1) is 43.9. The third-order valence-electron chi connectivity index (χ3n) is 17.7. The van der Waals surface area contributed by atoms with Crippen LogP contribution in [0.2, 0.25) is 0 Å². The fourth-order valence-corrected chi connectivity index (χ4v) is 12.7. The average Bonchev–Trinajstić information content (AvgIpc) is 1.84. The Labute approximate surface area is 557 Å². The van der Waals surface area contributed by atoms with Crippen LogP contribution in [0.25, 0.3) is 28.1 Å². The molecule has 3 aliphatic heterocycles. The van der Waals surface area contributed by atoms with Crippen LogP contribution in [0.4, 0.5) is 0 Å². The lowest BCUT2D eigenvalue weighted by molar-refractivity contribution is 0.171. The maximum atomic E-state index is 10.2. The van der Waals surface area contributed by atoms with Gasteiger partial charge in [0.15, 0.2) is 46.5 Å². The summed E-state index contributed by atoms with van der Waals surface area (Å²) in [5, 5.41) is 21.6. The molecular formula is C82H111NO10. The van der Waals surface area contributed by atoms with Gasteiger partial charge in [-0.25, -0.2) is 4.98 Å². The number of aromatic hydroxyl groups is 2. The zero-order valence-corrected chi connectivity index (χ0v) is 60.7. The van der Waals surface area contributed by atoms with Gasteiger partial charge in [-0.1, -0.05) is 190 Å². The van der Waals surface area contributed by atoms with Gasteiger partial charge < -0.3 is 47.5 Å². The van der Waals surface area contributed by atoms with Crippen molar-refractivity contribution in [2.75, 3.05) is 26.8 Å². The van der Waals surface area contributed by atoms with E-state index in [0.717, 1.165) is 56.9 Å². The smallest absolute Gasteiger partial charge is 0.231 e. The lowest BCUT2D eigenvalue weighted by Gasteiger charge is -2.23. The molecule has 4 aliphatic rings. The monoisotopic (exact) mass is 1270 g/mol. The van der Waals surface area contributed by atoms with Gasteiger partial charge in [-0.3, -0.25) is 0 Å². The second kappa shape index (κ2) is 32.1. The molecule has 6 aromatic carbocycles. The third kappa shape index (κ3) is 17.4. The van der Waals surface area contributed by atoms with Gasteiger partial charge >= 0.3 is 0 Å². The van der Waals surface area contributed by atoms with E-state index in [4.69, 9.17) is 37.3 Å². The lowest BCUT2D eigenvalue weighted by atomic mass is 9.87. The van der Waals surface area contributed by atoms with Crippen LogP contribution >= 0.6 is 0 Å². The highest BCUT2D eigenvalue weighted by Gasteiger charge is 2.29. The fourth-order valence-electron chi connectivity index (χ4n) is 12.7. The van der Waals surface area contributed by atoms with Crippen LogP contribution < -0.4 is 28.4 Å². The van der Waals surface area contributed by atoms with Gasteiger partial charge in [0.1, 0.15) is 24.3 Å². The molecular weight excluding hydrogens is 1160 g/mol. The Morgan fingerprint density at radius 1 is 0.355 bits per heavy atom. The number of rotatable bonds is 12. The predicted octanol–water partition coefficient (Wildman–Crippen LogP) is 23.7. The molecule has 93 heavy (non-hydrogen) atoms. The topological polar surface area (TPSA) is 135 Å². The molecule has 5 heterocycles. The summed E-state index contributed by atoms with van der Waals surface area (Å²) in [5.74, 6) is 10.3. The van der Waals surface area contributed by atoms with E-state index in [0.29, 0.717) is 95.4 Å². The van der Waals surface area contributed by atoms with Gasteiger partial charge in [-0.15, -0.1) is 0 Å². The molecule has 0 spiro atoms. The number of hydrogen-bond donors (Lipinski definition) is 2. The third-order valence-corrected chi connectivity index (χ3v) is 17.7. The number of benzene rings is 6. The van der Waals surface area contributed by atoms with Crippen LogP contribution in [0.5, 0.6) is 46.0 Å². The van der Waals surface area contributed by atoms with E-state index < -0.39 is 0 Å². The van der Waals surface area contributed by atoms with E-state index in [1.54, 1.807) is 6.26 Å². The molecule has 11 heteroatoms. The van der Waals surface area contributed by atoms with Gasteiger partial charge in [0.05, 0.1) is 6.26 Å². The van der Waals surface area contributed by atoms with E-state index in [9.17, 15) is 10.2 Å². The standard InChI is InChI=1S/C15H20.C14H20O2.C14H18O.C13H17NO.2C13H18O3/c1-10(2)14-8-12-6-5-7-13(12)9-15(14)11(3)4;1-9(2)11-7-13-14(16-6-5-15-13)8-12(11)10(3)4;1-9(2)12-7-11-5-6-15-14(11)8-13(12)10(3)4;1-8(2)10-5-12-13(15-7-14-12)6-11(10)9(3)4;2*1-7(2)9-5-10-13(16-6-15-10)12(14)11(9)8(3)4/h5-6,8-11H,7H2,1-4H3;7-10H,5-6H2,1-4H3;5-10H,1-4H3;5-9H,1-4H3;2*5,7-8,14H,6H2,1-4H3. The molecule has 11 nitrogen and oxygen atoms in total. The molecule has 0 bridgehead atoms. The van der Waals surface area contributed by atoms with Gasteiger partial charge in [0, 0.05) is 16.5 Å². The number of ether oxygens (including phenoxy) is 6. The van der Waals surface area contributed by atoms with Crippen LogP contribution in [0.15, 0.2) is 94.3 Å². The van der Waals surface area contributed by atoms with Gasteiger partial charge in [-0.05, 0) is 199 Å². The molecule has 0 atom stereocenters. The Kier molecular flexibility index (Phi) is 25.1. The summed E-state index contributed by atoms with van der Waals surface area (Å²) in [6.45, 7) is 54.3. The van der Waals surface area contributed by atoms with Crippen molar-refractivity contribution in [3.8, 4) is 46.0 Å². The van der Waals surface area contributed by atoms with E-state index in [1.165, 1.54) is 67.4 Å². The summed E-state index contributed by atoms with van der Waals surface area (Å²) in [6.07, 6.45) is 8.91. The van der Waals surface area contributed by atoms with E-state index in [2.05, 4.69) is 232 Å². The van der Waals surface area contributed by atoms with Crippen molar-refractivity contribution in [2.24, 2.45) is 0 Å². The maximum absolute atomic E-state index is 10.2. The minimum Gasteiger partial charge on any atom is -0.504 e. The number of phenols is 2. The summed E-state index contributed by atoms with van der Waals surface area (Å²) in [4.78, 5) is 4.20. The van der Waals surface area contributed by atoms with E-state index in [-0.39, 0.29) is 36.9 Å². The Hall–Kier alpha value is -7.53. The summed E-state index contributed by atoms with van der Waals surface area (Å²) in [6, 6.07) is 23.8. The quantitative estimate of drug-likeness (QED) is 0.121. The SMILES string of the molecule is CC(C)c1cc2c(c(O)c1C(C)C)OCO2.CC(C)c1cc2c(c(O)c1C(C)C)OCO2.CC(C)c1cc2c(cc1C(C)C)CC=C2.CC(C)c1cc2c(cc1C(C)C)OCCO2.CC(C)c1cc2ccoc2cc1C(C)C.CC(C)c1cc2ncoc2cc1C(C)C. The highest BCUT2D eigenvalue weighted by Crippen LogP contribution is 2.50. The van der Waals surface area contributed by atoms with Crippen LogP contribution in [0, 0.1) is 0 Å². The zero-order valence-electron chi connectivity index (χ0n) is 60.7. The van der Waals surface area contributed by atoms with Crippen molar-refractivity contribution in [1.82, 2.24) is 4.98 Å². The van der Waals surface area contributed by atoms with E-state index in [1.807, 2.05) is 18.2 Å². The van der Waals surface area contributed by atoms with Crippen molar-refractivity contribution >= 4 is 28.1 Å². The highest BCUT2D eigenvalue weighted by atomic mass is 16.7. The van der Waals surface area contributed by atoms with E-state index >= 15 is 0 Å². The van der Waals surface area contributed by atoms with Crippen LogP contribution in [0.1, 0.15) is 315 Å². The first-order valence-corrected chi connectivity index (χ1v) is 34.4. The summed E-state index contributed by atoms with van der Waals surface area (Å²) in [7, 11) is 0. The number of allylic oxidation sites excluding steroid dienone is 1. The molecule has 0 saturated heterocycles. The molecule has 0 radical (unpaired) electrons. The molecule has 504 valence electrons. The fraction of sp³-hybridized carbons (Fsp3) is 0.500. The van der Waals surface area contributed by atoms with Crippen molar-refractivity contribution in [3.05, 3.63) is 163 Å². The van der Waals surface area contributed by atoms with Crippen molar-refractivity contribution in [2.45, 2.75) is 244 Å². The van der Waals surface area contributed by atoms with Gasteiger partial charge in [0.25, 0.3) is 0 Å². The molecule has 1 aliphatic carbocycles. The normalized spacial score (nSPS) is 13.4. The Morgan fingerprint density at radius 3 is 1.16 bits per heavy atom. The number of furan rings is 1. The minimum atomic E-state index is 0.196. The minimum absolute atomic E-state index is 0.196. The largest absolute Gasteiger partial charge is 0.504 e. The molecule has 2 aromatic heterocycles.